The molecule has 0 saturated heterocycles. The highest BCUT2D eigenvalue weighted by molar-refractivity contribution is 7.17. The second kappa shape index (κ2) is 6.88. The normalized spacial score (nSPS) is 11.2. The van der Waals surface area contributed by atoms with E-state index in [4.69, 9.17) is 4.98 Å². The number of hydrogen-bond acceptors (Lipinski definition) is 5. The Morgan fingerprint density at radius 3 is 2.73 bits per heavy atom. The Hall–Kier alpha value is -2.73. The van der Waals surface area contributed by atoms with Crippen LogP contribution in [0.1, 0.15) is 22.8 Å². The van der Waals surface area contributed by atoms with Crippen molar-refractivity contribution in [3.63, 3.8) is 0 Å². The quantitative estimate of drug-likeness (QED) is 0.533. The second-order valence-corrected chi connectivity index (χ2v) is 7.36. The van der Waals surface area contributed by atoms with Crippen LogP contribution in [0.4, 0.5) is 5.82 Å². The van der Waals surface area contributed by atoms with Gasteiger partial charge >= 0.3 is 0 Å². The van der Waals surface area contributed by atoms with Gasteiger partial charge in [0.25, 0.3) is 0 Å². The van der Waals surface area contributed by atoms with Gasteiger partial charge in [-0.1, -0.05) is 30.3 Å². The first-order chi connectivity index (χ1) is 12.6. The molecule has 132 valence electrons. The van der Waals surface area contributed by atoms with Crippen LogP contribution in [0.15, 0.2) is 48.1 Å². The molecule has 0 bridgehead atoms. The minimum absolute atomic E-state index is 0.695. The van der Waals surface area contributed by atoms with Gasteiger partial charge < -0.3 is 9.47 Å². The first-order valence-corrected chi connectivity index (χ1v) is 9.47. The molecule has 5 nitrogen and oxygen atoms in total. The van der Waals surface area contributed by atoms with Crippen molar-refractivity contribution in [2.45, 2.75) is 26.9 Å². The third kappa shape index (κ3) is 3.20. The molecule has 6 heteroatoms. The molecule has 0 aliphatic rings. The zero-order valence-corrected chi connectivity index (χ0v) is 16.0. The van der Waals surface area contributed by atoms with Crippen LogP contribution in [0, 0.1) is 13.8 Å². The Labute approximate surface area is 157 Å². The first kappa shape index (κ1) is 16.7. The molecule has 26 heavy (non-hydrogen) atoms. The maximum Gasteiger partial charge on any atom is 0.141 e. The highest BCUT2D eigenvalue weighted by Gasteiger charge is 2.16. The van der Waals surface area contributed by atoms with Crippen molar-refractivity contribution in [1.82, 2.24) is 19.5 Å². The van der Waals surface area contributed by atoms with Gasteiger partial charge in [0.1, 0.15) is 22.3 Å². The van der Waals surface area contributed by atoms with Gasteiger partial charge in [0.05, 0.1) is 11.9 Å². The average Bonchev–Trinajstić information content (AvgIpc) is 3.22. The van der Waals surface area contributed by atoms with Gasteiger partial charge in [-0.2, -0.15) is 0 Å². The molecule has 1 aromatic carbocycles. The third-order valence-corrected chi connectivity index (χ3v) is 5.44. The standard InChI is InChI=1S/C20H21N5S/c1-14-13-26-20-18(14)19(22-15(2)23-20)24(3)12-17-21-9-10-25(17)11-16-7-5-4-6-8-16/h4-10,13H,11-12H2,1-3H3. The molecule has 4 rings (SSSR count). The molecular formula is C20H21N5S. The van der Waals surface area contributed by atoms with Gasteiger partial charge in [-0.3, -0.25) is 0 Å². The van der Waals surface area contributed by atoms with Crippen LogP contribution in [0.25, 0.3) is 10.2 Å². The molecule has 0 aliphatic carbocycles. The fourth-order valence-electron chi connectivity index (χ4n) is 3.15. The van der Waals surface area contributed by atoms with Crippen LogP contribution in [0.5, 0.6) is 0 Å². The fraction of sp³-hybridized carbons (Fsp3) is 0.250. The first-order valence-electron chi connectivity index (χ1n) is 8.59. The molecule has 0 atom stereocenters. The van der Waals surface area contributed by atoms with E-state index in [0.717, 1.165) is 34.2 Å². The lowest BCUT2D eigenvalue weighted by Crippen LogP contribution is -2.21. The Morgan fingerprint density at radius 1 is 1.12 bits per heavy atom. The summed E-state index contributed by atoms with van der Waals surface area (Å²) in [6, 6.07) is 10.5. The van der Waals surface area contributed by atoms with E-state index in [1.54, 1.807) is 11.3 Å². The SMILES string of the molecule is Cc1nc(N(C)Cc2nccn2Cc2ccccc2)c2c(C)csc2n1. The Bertz CT molecular complexity index is 1030. The van der Waals surface area contributed by atoms with Gasteiger partial charge in [-0.05, 0) is 30.4 Å². The molecule has 0 saturated carbocycles. The van der Waals surface area contributed by atoms with E-state index in [9.17, 15) is 0 Å². The minimum atomic E-state index is 0.695. The van der Waals surface area contributed by atoms with Crippen molar-refractivity contribution in [2.24, 2.45) is 0 Å². The monoisotopic (exact) mass is 363 g/mol. The Morgan fingerprint density at radius 2 is 1.92 bits per heavy atom. The van der Waals surface area contributed by atoms with Crippen molar-refractivity contribution in [3.05, 3.63) is 70.9 Å². The lowest BCUT2D eigenvalue weighted by atomic mass is 10.2. The van der Waals surface area contributed by atoms with Crippen molar-refractivity contribution in [1.29, 1.82) is 0 Å². The number of fused-ring (bicyclic) bond motifs is 1. The summed E-state index contributed by atoms with van der Waals surface area (Å²) < 4.78 is 2.19. The van der Waals surface area contributed by atoms with E-state index >= 15 is 0 Å². The van der Waals surface area contributed by atoms with Crippen molar-refractivity contribution in [3.8, 4) is 0 Å². The van der Waals surface area contributed by atoms with Crippen LogP contribution in [0.3, 0.4) is 0 Å². The molecule has 0 radical (unpaired) electrons. The molecule has 0 unspecified atom stereocenters. The number of aryl methyl sites for hydroxylation is 2. The third-order valence-electron chi connectivity index (χ3n) is 4.45. The molecule has 0 fully saturated rings. The van der Waals surface area contributed by atoms with E-state index in [2.05, 4.69) is 63.1 Å². The van der Waals surface area contributed by atoms with Crippen LogP contribution in [-0.4, -0.2) is 26.6 Å². The number of aromatic nitrogens is 4. The maximum absolute atomic E-state index is 4.71. The topological polar surface area (TPSA) is 46.8 Å². The van der Waals surface area contributed by atoms with Gasteiger partial charge in [-0.25, -0.2) is 15.0 Å². The summed E-state index contributed by atoms with van der Waals surface area (Å²) in [5.74, 6) is 2.79. The molecule has 3 heterocycles. The van der Waals surface area contributed by atoms with Crippen LogP contribution >= 0.6 is 11.3 Å². The molecule has 4 aromatic rings. The van der Waals surface area contributed by atoms with Crippen LogP contribution in [-0.2, 0) is 13.1 Å². The van der Waals surface area contributed by atoms with Crippen LogP contribution < -0.4 is 4.90 Å². The number of hydrogen-bond donors (Lipinski definition) is 0. The predicted molar refractivity (Wildman–Crippen MR) is 107 cm³/mol. The van der Waals surface area contributed by atoms with Gasteiger partial charge in [-0.15, -0.1) is 11.3 Å². The summed E-state index contributed by atoms with van der Waals surface area (Å²) in [6.45, 7) is 5.58. The van der Waals surface area contributed by atoms with Gasteiger partial charge in [0.15, 0.2) is 0 Å². The van der Waals surface area contributed by atoms with E-state index < -0.39 is 0 Å². The largest absolute Gasteiger partial charge is 0.352 e. The van der Waals surface area contributed by atoms with E-state index in [-0.39, 0.29) is 0 Å². The number of thiophene rings is 1. The Balaban J connectivity index is 1.63. The summed E-state index contributed by atoms with van der Waals surface area (Å²) >= 11 is 1.67. The van der Waals surface area contributed by atoms with E-state index in [1.807, 2.05) is 25.4 Å². The lowest BCUT2D eigenvalue weighted by molar-refractivity contribution is 0.704. The lowest BCUT2D eigenvalue weighted by Gasteiger charge is -2.20. The number of anilines is 1. The molecule has 0 spiro atoms. The number of imidazole rings is 1. The smallest absolute Gasteiger partial charge is 0.141 e. The van der Waals surface area contributed by atoms with Crippen molar-refractivity contribution < 1.29 is 0 Å². The minimum Gasteiger partial charge on any atom is -0.352 e. The van der Waals surface area contributed by atoms with Gasteiger partial charge in [0.2, 0.25) is 0 Å². The van der Waals surface area contributed by atoms with E-state index in [0.29, 0.717) is 6.54 Å². The molecule has 0 amide bonds. The predicted octanol–water partition coefficient (Wildman–Crippen LogP) is 4.19. The molecule has 0 aliphatic heterocycles. The number of benzene rings is 1. The molecular weight excluding hydrogens is 342 g/mol. The van der Waals surface area contributed by atoms with Crippen molar-refractivity contribution >= 4 is 27.4 Å². The highest BCUT2D eigenvalue weighted by Crippen LogP contribution is 2.31. The number of nitrogens with zero attached hydrogens (tertiary/aromatic N) is 5. The average molecular weight is 363 g/mol. The maximum atomic E-state index is 4.71. The molecule has 3 aromatic heterocycles. The summed E-state index contributed by atoms with van der Waals surface area (Å²) in [5.41, 5.74) is 2.49. The summed E-state index contributed by atoms with van der Waals surface area (Å²) in [7, 11) is 2.07. The molecule has 0 N–H and O–H groups in total. The summed E-state index contributed by atoms with van der Waals surface area (Å²) in [6.07, 6.45) is 3.90. The van der Waals surface area contributed by atoms with Gasteiger partial charge in [0, 0.05) is 26.0 Å². The van der Waals surface area contributed by atoms with Crippen LogP contribution in [0.2, 0.25) is 0 Å². The zero-order valence-electron chi connectivity index (χ0n) is 15.2. The summed E-state index contributed by atoms with van der Waals surface area (Å²) in [5, 5.41) is 3.29. The van der Waals surface area contributed by atoms with E-state index in [1.165, 1.54) is 11.1 Å². The number of rotatable bonds is 5. The summed E-state index contributed by atoms with van der Waals surface area (Å²) in [4.78, 5) is 17.1. The fourth-order valence-corrected chi connectivity index (χ4v) is 4.11. The Kier molecular flexibility index (Phi) is 4.42. The highest BCUT2D eigenvalue weighted by atomic mass is 32.1. The zero-order chi connectivity index (χ0) is 18.1. The second-order valence-electron chi connectivity index (χ2n) is 6.51. The van der Waals surface area contributed by atoms with Crippen molar-refractivity contribution in [2.75, 3.05) is 11.9 Å².